The molecule has 1 aromatic carbocycles. The number of alkyl halides is 1. The summed E-state index contributed by atoms with van der Waals surface area (Å²) in [7, 11) is 1.52. The topological polar surface area (TPSA) is 35.3 Å². The number of aromatic nitrogens is 1. The van der Waals surface area contributed by atoms with Gasteiger partial charge in [-0.1, -0.05) is 41.6 Å². The molecule has 0 spiro atoms. The molecule has 1 heterocycles. The molecule has 1 aromatic heterocycles. The van der Waals surface area contributed by atoms with Crippen LogP contribution >= 0.6 is 11.6 Å². The lowest BCUT2D eigenvalue weighted by molar-refractivity contribution is 0.259. The average molecular weight is 250 g/mol. The number of hydrogen-bond donors (Lipinski definition) is 0. The van der Waals surface area contributed by atoms with Crippen LogP contribution in [0.2, 0.25) is 0 Å². The van der Waals surface area contributed by atoms with E-state index in [1.807, 2.05) is 30.3 Å². The predicted molar refractivity (Wildman–Crippen MR) is 67.3 cm³/mol. The highest BCUT2D eigenvalue weighted by atomic mass is 35.5. The van der Waals surface area contributed by atoms with Crippen LogP contribution in [-0.4, -0.2) is 12.3 Å². The maximum Gasteiger partial charge on any atom is 0.316 e. The molecule has 0 saturated heterocycles. The predicted octanol–water partition coefficient (Wildman–Crippen LogP) is 3.82. The maximum absolute atomic E-state index is 6.17. The van der Waals surface area contributed by atoms with Gasteiger partial charge in [0.25, 0.3) is 0 Å². The maximum atomic E-state index is 6.17. The number of benzene rings is 1. The van der Waals surface area contributed by atoms with Gasteiger partial charge in [0.2, 0.25) is 0 Å². The highest BCUT2D eigenvalue weighted by molar-refractivity contribution is 6.22. The molecule has 2 aromatic rings. The van der Waals surface area contributed by atoms with Crippen LogP contribution in [0, 0.1) is 0 Å². The Bertz CT molecular complexity index is 507. The van der Waals surface area contributed by atoms with Gasteiger partial charge in [-0.15, -0.1) is 18.2 Å². The zero-order valence-electron chi connectivity index (χ0n) is 9.39. The van der Waals surface area contributed by atoms with Crippen molar-refractivity contribution in [1.82, 2.24) is 5.16 Å². The van der Waals surface area contributed by atoms with Crippen molar-refractivity contribution >= 4 is 11.6 Å². The second kappa shape index (κ2) is 5.06. The number of methoxy groups -OCH3 is 1. The van der Waals surface area contributed by atoms with Gasteiger partial charge in [-0.3, -0.25) is 0 Å². The van der Waals surface area contributed by atoms with Gasteiger partial charge in [-0.05, 0) is 0 Å². The quantitative estimate of drug-likeness (QED) is 0.610. The first-order valence-electron chi connectivity index (χ1n) is 5.13. The summed E-state index contributed by atoms with van der Waals surface area (Å²) < 4.78 is 10.2. The standard InChI is InChI=1S/C13H12ClNO2/c1-3-10(14)11-12(15-17-13(11)16-2)9-7-5-4-6-8-9/h3-8,10H,1H2,2H3. The molecule has 0 aliphatic carbocycles. The largest absolute Gasteiger partial charge is 0.467 e. The minimum Gasteiger partial charge on any atom is -0.467 e. The van der Waals surface area contributed by atoms with Crippen molar-refractivity contribution in [2.45, 2.75) is 5.38 Å². The van der Waals surface area contributed by atoms with Crippen LogP contribution in [0.1, 0.15) is 10.9 Å². The number of allylic oxidation sites excluding steroid dienone is 1. The van der Waals surface area contributed by atoms with E-state index in [0.29, 0.717) is 17.2 Å². The molecule has 2 rings (SSSR count). The van der Waals surface area contributed by atoms with Crippen LogP contribution in [0.5, 0.6) is 5.95 Å². The summed E-state index contributed by atoms with van der Waals surface area (Å²) in [5.41, 5.74) is 2.32. The van der Waals surface area contributed by atoms with Crippen LogP contribution < -0.4 is 4.74 Å². The third-order valence-corrected chi connectivity index (χ3v) is 2.81. The van der Waals surface area contributed by atoms with Gasteiger partial charge in [0, 0.05) is 5.56 Å². The second-order valence-electron chi connectivity index (χ2n) is 3.44. The molecule has 4 heteroatoms. The van der Waals surface area contributed by atoms with Crippen LogP contribution in [0.15, 0.2) is 47.5 Å². The molecule has 0 bridgehead atoms. The molecule has 0 radical (unpaired) electrons. The van der Waals surface area contributed by atoms with E-state index in [2.05, 4.69) is 11.7 Å². The SMILES string of the molecule is C=CC(Cl)c1c(-c2ccccc2)noc1OC. The molecular weight excluding hydrogens is 238 g/mol. The number of rotatable bonds is 4. The summed E-state index contributed by atoms with van der Waals surface area (Å²) >= 11 is 6.17. The minimum atomic E-state index is -0.397. The first kappa shape index (κ1) is 11.7. The first-order chi connectivity index (χ1) is 8.27. The van der Waals surface area contributed by atoms with Crippen molar-refractivity contribution in [3.63, 3.8) is 0 Å². The Morgan fingerprint density at radius 2 is 2.12 bits per heavy atom. The average Bonchev–Trinajstić information content (AvgIpc) is 2.82. The van der Waals surface area contributed by atoms with Gasteiger partial charge in [0.15, 0.2) is 0 Å². The Hall–Kier alpha value is -1.74. The van der Waals surface area contributed by atoms with Crippen LogP contribution in [0.4, 0.5) is 0 Å². The number of nitrogens with zero attached hydrogens (tertiary/aromatic N) is 1. The highest BCUT2D eigenvalue weighted by Gasteiger charge is 2.22. The molecule has 0 fully saturated rings. The lowest BCUT2D eigenvalue weighted by Gasteiger charge is -2.05. The van der Waals surface area contributed by atoms with Crippen molar-refractivity contribution in [3.05, 3.63) is 48.6 Å². The van der Waals surface area contributed by atoms with Crippen LogP contribution in [-0.2, 0) is 0 Å². The lowest BCUT2D eigenvalue weighted by atomic mass is 10.1. The van der Waals surface area contributed by atoms with E-state index < -0.39 is 5.38 Å². The normalized spacial score (nSPS) is 12.1. The van der Waals surface area contributed by atoms with Gasteiger partial charge in [-0.2, -0.15) is 0 Å². The molecule has 0 N–H and O–H groups in total. The highest BCUT2D eigenvalue weighted by Crippen LogP contribution is 2.38. The molecule has 3 nitrogen and oxygen atoms in total. The van der Waals surface area contributed by atoms with E-state index in [4.69, 9.17) is 20.9 Å². The Labute approximate surface area is 105 Å². The zero-order chi connectivity index (χ0) is 12.3. The fraction of sp³-hybridized carbons (Fsp3) is 0.154. The summed E-state index contributed by atoms with van der Waals surface area (Å²) in [6.07, 6.45) is 1.61. The molecule has 1 unspecified atom stereocenters. The number of halogens is 1. The van der Waals surface area contributed by atoms with E-state index >= 15 is 0 Å². The molecule has 1 atom stereocenters. The Kier molecular flexibility index (Phi) is 3.49. The molecular formula is C13H12ClNO2. The summed E-state index contributed by atoms with van der Waals surface area (Å²) in [5, 5.41) is 3.60. The smallest absolute Gasteiger partial charge is 0.316 e. The third kappa shape index (κ3) is 2.19. The second-order valence-corrected chi connectivity index (χ2v) is 3.91. The molecule has 88 valence electrons. The summed E-state index contributed by atoms with van der Waals surface area (Å²) in [6.45, 7) is 3.67. The minimum absolute atomic E-state index is 0.323. The van der Waals surface area contributed by atoms with Gasteiger partial charge in [0.05, 0.1) is 18.1 Å². The van der Waals surface area contributed by atoms with Crippen molar-refractivity contribution < 1.29 is 9.26 Å². The van der Waals surface area contributed by atoms with Gasteiger partial charge < -0.3 is 9.26 Å². The first-order valence-corrected chi connectivity index (χ1v) is 5.57. The van der Waals surface area contributed by atoms with E-state index in [1.165, 1.54) is 7.11 Å². The van der Waals surface area contributed by atoms with Crippen molar-refractivity contribution in [3.8, 4) is 17.2 Å². The van der Waals surface area contributed by atoms with Crippen molar-refractivity contribution in [2.24, 2.45) is 0 Å². The lowest BCUT2D eigenvalue weighted by Crippen LogP contribution is -1.92. The number of ether oxygens (including phenoxy) is 1. The monoisotopic (exact) mass is 249 g/mol. The van der Waals surface area contributed by atoms with Gasteiger partial charge in [0.1, 0.15) is 5.69 Å². The summed E-state index contributed by atoms with van der Waals surface area (Å²) in [4.78, 5) is 0. The van der Waals surface area contributed by atoms with Crippen LogP contribution in [0.25, 0.3) is 11.3 Å². The third-order valence-electron chi connectivity index (χ3n) is 2.41. The molecule has 0 saturated carbocycles. The summed E-state index contributed by atoms with van der Waals surface area (Å²) in [5.74, 6) is 0.323. The molecule has 0 amide bonds. The Balaban J connectivity index is 2.55. The summed E-state index contributed by atoms with van der Waals surface area (Å²) in [6, 6.07) is 9.67. The van der Waals surface area contributed by atoms with Crippen molar-refractivity contribution in [2.75, 3.05) is 7.11 Å². The van der Waals surface area contributed by atoms with E-state index in [9.17, 15) is 0 Å². The fourth-order valence-corrected chi connectivity index (χ4v) is 1.79. The Morgan fingerprint density at radius 3 is 2.71 bits per heavy atom. The number of hydrogen-bond acceptors (Lipinski definition) is 3. The molecule has 17 heavy (non-hydrogen) atoms. The molecule has 0 aliphatic rings. The van der Waals surface area contributed by atoms with E-state index in [1.54, 1.807) is 6.08 Å². The Morgan fingerprint density at radius 1 is 1.41 bits per heavy atom. The van der Waals surface area contributed by atoms with Gasteiger partial charge in [-0.25, -0.2) is 0 Å². The fourth-order valence-electron chi connectivity index (χ4n) is 1.59. The van der Waals surface area contributed by atoms with E-state index in [-0.39, 0.29) is 0 Å². The van der Waals surface area contributed by atoms with Gasteiger partial charge >= 0.3 is 5.95 Å². The molecule has 0 aliphatic heterocycles. The van der Waals surface area contributed by atoms with E-state index in [0.717, 1.165) is 5.56 Å². The van der Waals surface area contributed by atoms with Crippen LogP contribution in [0.3, 0.4) is 0 Å². The zero-order valence-corrected chi connectivity index (χ0v) is 10.1. The van der Waals surface area contributed by atoms with Crippen molar-refractivity contribution in [1.29, 1.82) is 0 Å².